The summed E-state index contributed by atoms with van der Waals surface area (Å²) in [4.78, 5) is 53.9. The number of carbonyl (C=O) groups excluding carboxylic acids is 3. The predicted octanol–water partition coefficient (Wildman–Crippen LogP) is 5.19. The molecule has 270 valence electrons. The summed E-state index contributed by atoms with van der Waals surface area (Å²) >= 11 is 1.02. The lowest BCUT2D eigenvalue weighted by molar-refractivity contribution is -0.239. The highest BCUT2D eigenvalue weighted by molar-refractivity contribution is 8.13. The summed E-state index contributed by atoms with van der Waals surface area (Å²) in [6.07, 6.45) is -0.889. The van der Waals surface area contributed by atoms with E-state index < -0.39 is 61.7 Å². The van der Waals surface area contributed by atoms with Crippen molar-refractivity contribution in [3.05, 3.63) is 70.8 Å². The first kappa shape index (κ1) is 40.1. The predicted molar refractivity (Wildman–Crippen MR) is 183 cm³/mol. The molecule has 0 bridgehead atoms. The third kappa shape index (κ3) is 12.2. The van der Waals surface area contributed by atoms with Crippen LogP contribution in [0.3, 0.4) is 0 Å². The average molecular weight is 725 g/mol. The van der Waals surface area contributed by atoms with Crippen LogP contribution in [0.1, 0.15) is 59.8 Å². The quantitative estimate of drug-likeness (QED) is 0.0999. The van der Waals surface area contributed by atoms with Gasteiger partial charge in [-0.15, -0.1) is 0 Å². The molecule has 1 amide bonds. The summed E-state index contributed by atoms with van der Waals surface area (Å²) in [5.41, 5.74) is -0.149. The molecule has 2 heterocycles. The summed E-state index contributed by atoms with van der Waals surface area (Å²) in [6.45, 7) is 13.6. The highest BCUT2D eigenvalue weighted by Gasteiger charge is 2.47. The van der Waals surface area contributed by atoms with Gasteiger partial charge in [-0.2, -0.15) is 4.98 Å². The largest absolute Gasteiger partial charge is 0.462 e. The van der Waals surface area contributed by atoms with E-state index in [9.17, 15) is 23.7 Å². The van der Waals surface area contributed by atoms with E-state index >= 15 is 0 Å². The van der Waals surface area contributed by atoms with Crippen LogP contribution in [0.5, 0.6) is 0 Å². The molecule has 0 radical (unpaired) electrons. The molecule has 0 spiro atoms. The SMILES string of the molecule is C=C1C[C@](COP(=O)(N[C@@H](C)C(=O)OC(C)C)OCCSC(=O)C(C)(C)C)(OC)O[C@H]1n1ccc(NC(=O)OCc2ccccc2)nc1=O. The summed E-state index contributed by atoms with van der Waals surface area (Å²) in [6, 6.07) is 9.38. The Morgan fingerprint density at radius 2 is 1.86 bits per heavy atom. The molecule has 1 aliphatic heterocycles. The van der Waals surface area contributed by atoms with Crippen LogP contribution >= 0.6 is 19.5 Å². The fraction of sp³-hybridized carbons (Fsp3) is 0.531. The number of thioether (sulfide) groups is 1. The number of methoxy groups -OCH3 is 1. The van der Waals surface area contributed by atoms with E-state index in [1.165, 1.54) is 26.3 Å². The second-order valence-electron chi connectivity index (χ2n) is 12.4. The molecular formula is C32H45N4O11PS. The molecule has 17 heteroatoms. The number of nitrogens with one attached hydrogen (secondary N) is 2. The number of benzene rings is 1. The molecule has 4 atom stereocenters. The Morgan fingerprint density at radius 3 is 2.47 bits per heavy atom. The van der Waals surface area contributed by atoms with Crippen molar-refractivity contribution < 1.29 is 46.9 Å². The number of carbonyl (C=O) groups is 3. The molecule has 2 aromatic rings. The first-order valence-electron chi connectivity index (χ1n) is 15.5. The maximum absolute atomic E-state index is 13.9. The lowest BCUT2D eigenvalue weighted by Gasteiger charge is -2.30. The highest BCUT2D eigenvalue weighted by Crippen LogP contribution is 2.48. The zero-order valence-corrected chi connectivity index (χ0v) is 30.5. The number of esters is 1. The van der Waals surface area contributed by atoms with Crippen LogP contribution in [0.2, 0.25) is 0 Å². The molecule has 1 aliphatic rings. The summed E-state index contributed by atoms with van der Waals surface area (Å²) in [7, 11) is -2.91. The van der Waals surface area contributed by atoms with Crippen LogP contribution in [0.15, 0.2) is 59.5 Å². The molecule has 1 unspecified atom stereocenters. The zero-order valence-electron chi connectivity index (χ0n) is 28.8. The molecule has 0 saturated carbocycles. The van der Waals surface area contributed by atoms with Crippen molar-refractivity contribution >= 4 is 42.5 Å². The zero-order chi connectivity index (χ0) is 36.4. The van der Waals surface area contributed by atoms with Crippen molar-refractivity contribution in [2.75, 3.05) is 31.4 Å². The third-order valence-electron chi connectivity index (χ3n) is 6.77. The number of nitrogens with zero attached hydrogens (tertiary/aromatic N) is 2. The second-order valence-corrected chi connectivity index (χ2v) is 15.3. The van der Waals surface area contributed by atoms with Gasteiger partial charge in [0.05, 0.1) is 12.7 Å². The molecule has 1 aromatic carbocycles. The van der Waals surface area contributed by atoms with Crippen molar-refractivity contribution in [1.82, 2.24) is 14.6 Å². The van der Waals surface area contributed by atoms with Crippen molar-refractivity contribution in [2.24, 2.45) is 5.41 Å². The number of hydrogen-bond acceptors (Lipinski definition) is 13. The Hall–Kier alpha value is -3.37. The van der Waals surface area contributed by atoms with Gasteiger partial charge >= 0.3 is 25.5 Å². The standard InChI is InChI=1S/C32H45N4O11PS/c1-21(2)46-27(37)23(4)35-48(41,44-16-17-49-28(38)31(5,6)7)45-20-32(42-8)18-22(3)26(47-32)36-15-14-25(33-29(36)39)34-30(40)43-19-24-12-10-9-11-13-24/h9-15,21,23,26H,3,16-20H2,1-2,4-8H3,(H,35,41)(H,33,34,39,40)/t23-,26+,32-,48?/m0/s1. The minimum Gasteiger partial charge on any atom is -0.462 e. The fourth-order valence-corrected chi connectivity index (χ4v) is 6.64. The van der Waals surface area contributed by atoms with E-state index in [0.29, 0.717) is 5.57 Å². The van der Waals surface area contributed by atoms with Crippen LogP contribution in [0, 0.1) is 5.41 Å². The smallest absolute Gasteiger partial charge is 0.413 e. The van der Waals surface area contributed by atoms with Gasteiger partial charge in [0.1, 0.15) is 25.1 Å². The maximum atomic E-state index is 13.9. The van der Waals surface area contributed by atoms with Gasteiger partial charge in [0.2, 0.25) is 0 Å². The Balaban J connectivity index is 1.69. The van der Waals surface area contributed by atoms with Crippen LogP contribution in [0.4, 0.5) is 10.6 Å². The highest BCUT2D eigenvalue weighted by atomic mass is 32.2. The van der Waals surface area contributed by atoms with Gasteiger partial charge in [-0.1, -0.05) is 69.4 Å². The van der Waals surface area contributed by atoms with Gasteiger partial charge in [0.15, 0.2) is 17.1 Å². The van der Waals surface area contributed by atoms with E-state index in [2.05, 4.69) is 22.0 Å². The van der Waals surface area contributed by atoms with Crippen LogP contribution in [-0.2, 0) is 48.8 Å². The molecule has 49 heavy (non-hydrogen) atoms. The van der Waals surface area contributed by atoms with Crippen molar-refractivity contribution in [1.29, 1.82) is 0 Å². The molecule has 1 fully saturated rings. The maximum Gasteiger partial charge on any atom is 0.413 e. The number of ether oxygens (including phenoxy) is 4. The first-order chi connectivity index (χ1) is 23.0. The van der Waals surface area contributed by atoms with E-state index in [-0.39, 0.29) is 36.3 Å². The van der Waals surface area contributed by atoms with Crippen LogP contribution < -0.4 is 16.1 Å². The van der Waals surface area contributed by atoms with Crippen LogP contribution in [-0.4, -0.2) is 70.7 Å². The molecule has 3 rings (SSSR count). The minimum absolute atomic E-state index is 0.0211. The Kier molecular flexibility index (Phi) is 14.3. The van der Waals surface area contributed by atoms with E-state index in [1.807, 2.05) is 18.2 Å². The van der Waals surface area contributed by atoms with Crippen molar-refractivity contribution in [2.45, 2.75) is 78.7 Å². The van der Waals surface area contributed by atoms with E-state index in [0.717, 1.165) is 21.9 Å². The number of anilines is 1. The Bertz CT molecular complexity index is 1580. The number of hydrogen-bond donors (Lipinski definition) is 2. The van der Waals surface area contributed by atoms with E-state index in [1.54, 1.807) is 46.8 Å². The van der Waals surface area contributed by atoms with Crippen molar-refractivity contribution in [3.8, 4) is 0 Å². The van der Waals surface area contributed by atoms with Gasteiger partial charge in [-0.25, -0.2) is 19.2 Å². The number of amides is 1. The van der Waals surface area contributed by atoms with Gasteiger partial charge in [0, 0.05) is 30.9 Å². The second kappa shape index (κ2) is 17.5. The average Bonchev–Trinajstić information content (AvgIpc) is 3.37. The summed E-state index contributed by atoms with van der Waals surface area (Å²) < 4.78 is 48.5. The molecule has 1 saturated heterocycles. The minimum atomic E-state index is -4.25. The molecule has 0 aliphatic carbocycles. The lowest BCUT2D eigenvalue weighted by atomic mass is 10.00. The van der Waals surface area contributed by atoms with Gasteiger partial charge in [0.25, 0.3) is 0 Å². The topological polar surface area (TPSA) is 183 Å². The first-order valence-corrected chi connectivity index (χ1v) is 18.0. The number of rotatable bonds is 16. The lowest BCUT2D eigenvalue weighted by Crippen LogP contribution is -2.40. The Labute approximate surface area is 290 Å². The summed E-state index contributed by atoms with van der Waals surface area (Å²) in [5, 5.41) is 4.92. The molecule has 2 N–H and O–H groups in total. The van der Waals surface area contributed by atoms with Crippen LogP contribution in [0.25, 0.3) is 0 Å². The molecule has 15 nitrogen and oxygen atoms in total. The van der Waals surface area contributed by atoms with Gasteiger partial charge in [-0.3, -0.25) is 28.5 Å². The van der Waals surface area contributed by atoms with E-state index in [4.69, 9.17) is 28.0 Å². The molecule has 1 aromatic heterocycles. The van der Waals surface area contributed by atoms with Crippen molar-refractivity contribution in [3.63, 3.8) is 0 Å². The normalized spacial score (nSPS) is 19.7. The monoisotopic (exact) mass is 724 g/mol. The molecular weight excluding hydrogens is 679 g/mol. The van der Waals surface area contributed by atoms with Gasteiger partial charge in [-0.05, 0) is 38.0 Å². The number of aromatic nitrogens is 2. The fourth-order valence-electron chi connectivity index (χ4n) is 4.23. The Morgan fingerprint density at radius 1 is 1.16 bits per heavy atom. The summed E-state index contributed by atoms with van der Waals surface area (Å²) in [5.74, 6) is -2.12. The third-order valence-corrected chi connectivity index (χ3v) is 9.71. The van der Waals surface area contributed by atoms with Gasteiger partial charge < -0.3 is 18.9 Å².